The summed E-state index contributed by atoms with van der Waals surface area (Å²) >= 11 is 0. The van der Waals surface area contributed by atoms with Crippen LogP contribution in [0.1, 0.15) is 32.3 Å². The third-order valence-electron chi connectivity index (χ3n) is 4.54. The summed E-state index contributed by atoms with van der Waals surface area (Å²) in [6.45, 7) is 7.94. The number of nitrogens with zero attached hydrogens (tertiary/aromatic N) is 3. The Labute approximate surface area is 126 Å². The monoisotopic (exact) mass is 288 g/mol. The van der Waals surface area contributed by atoms with Gasteiger partial charge in [0.25, 0.3) is 0 Å². The molecule has 21 heavy (non-hydrogen) atoms. The van der Waals surface area contributed by atoms with Crippen molar-refractivity contribution in [2.75, 3.05) is 23.7 Å². The molecule has 5 heteroatoms. The van der Waals surface area contributed by atoms with Crippen LogP contribution >= 0.6 is 0 Å². The molecule has 0 spiro atoms. The van der Waals surface area contributed by atoms with E-state index < -0.39 is 0 Å². The first kappa shape index (κ1) is 14.2. The summed E-state index contributed by atoms with van der Waals surface area (Å²) in [5.74, 6) is 1.63. The summed E-state index contributed by atoms with van der Waals surface area (Å²) in [5, 5.41) is 0. The molecule has 1 aliphatic heterocycles. The van der Waals surface area contributed by atoms with E-state index in [0.717, 1.165) is 37.3 Å². The van der Waals surface area contributed by atoms with Gasteiger partial charge in [-0.15, -0.1) is 0 Å². The van der Waals surface area contributed by atoms with Crippen LogP contribution in [0.5, 0.6) is 0 Å². The lowest BCUT2D eigenvalue weighted by molar-refractivity contribution is -0.135. The van der Waals surface area contributed by atoms with Crippen molar-refractivity contribution in [2.45, 2.75) is 45.7 Å². The first-order valence-electron chi connectivity index (χ1n) is 7.76. The van der Waals surface area contributed by atoms with Crippen LogP contribution in [0.2, 0.25) is 0 Å². The second-order valence-corrected chi connectivity index (χ2v) is 6.52. The Hall–Kier alpha value is -1.78. The summed E-state index contributed by atoms with van der Waals surface area (Å²) in [7, 11) is 0. The molecule has 2 aliphatic rings. The Bertz CT molecular complexity index is 555. The molecular weight excluding hydrogens is 264 g/mol. The lowest BCUT2D eigenvalue weighted by Gasteiger charge is -2.45. The average Bonchev–Trinajstić information content (AvgIpc) is 3.25. The summed E-state index contributed by atoms with van der Waals surface area (Å²) in [4.78, 5) is 21.2. The predicted octanol–water partition coefficient (Wildman–Crippen LogP) is 1.81. The van der Waals surface area contributed by atoms with Crippen molar-refractivity contribution in [1.82, 2.24) is 9.88 Å². The number of hydrogen-bond donors (Lipinski definition) is 1. The quantitative estimate of drug-likeness (QED) is 0.901. The zero-order chi connectivity index (χ0) is 15.1. The van der Waals surface area contributed by atoms with Crippen LogP contribution in [0.4, 0.5) is 11.5 Å². The number of amides is 1. The van der Waals surface area contributed by atoms with E-state index >= 15 is 0 Å². The molecule has 2 fully saturated rings. The van der Waals surface area contributed by atoms with Crippen molar-refractivity contribution in [3.63, 3.8) is 0 Å². The predicted molar refractivity (Wildman–Crippen MR) is 84.1 cm³/mol. The molecule has 0 bridgehead atoms. The van der Waals surface area contributed by atoms with Gasteiger partial charge in [0.15, 0.2) is 0 Å². The summed E-state index contributed by atoms with van der Waals surface area (Å²) in [6, 6.07) is 2.47. The molecular formula is C16H24N4O. The normalized spacial score (nSPS) is 26.0. The van der Waals surface area contributed by atoms with Gasteiger partial charge in [0, 0.05) is 31.1 Å². The van der Waals surface area contributed by atoms with E-state index in [1.807, 2.05) is 13.0 Å². The van der Waals surface area contributed by atoms with Gasteiger partial charge in [-0.25, -0.2) is 4.98 Å². The van der Waals surface area contributed by atoms with Crippen molar-refractivity contribution >= 4 is 17.4 Å². The maximum absolute atomic E-state index is 12.3. The Balaban J connectivity index is 1.78. The zero-order valence-electron chi connectivity index (χ0n) is 13.0. The van der Waals surface area contributed by atoms with Crippen molar-refractivity contribution < 1.29 is 4.79 Å². The molecule has 1 aliphatic carbocycles. The molecule has 114 valence electrons. The fraction of sp³-hybridized carbons (Fsp3) is 0.625. The first-order valence-corrected chi connectivity index (χ1v) is 7.76. The van der Waals surface area contributed by atoms with E-state index in [1.165, 1.54) is 0 Å². The lowest BCUT2D eigenvalue weighted by atomic mass is 10.1. The molecule has 2 unspecified atom stereocenters. The van der Waals surface area contributed by atoms with Gasteiger partial charge in [-0.2, -0.15) is 0 Å². The molecule has 1 aromatic heterocycles. The van der Waals surface area contributed by atoms with Gasteiger partial charge >= 0.3 is 0 Å². The van der Waals surface area contributed by atoms with E-state index in [-0.39, 0.29) is 12.1 Å². The van der Waals surface area contributed by atoms with Crippen LogP contribution in [0, 0.1) is 12.8 Å². The number of carbonyl (C=O) groups excluding carboxylic acids is 1. The number of carbonyl (C=O) groups is 1. The van der Waals surface area contributed by atoms with Crippen LogP contribution in [-0.2, 0) is 4.79 Å². The molecule has 1 aromatic rings. The van der Waals surface area contributed by atoms with Crippen molar-refractivity contribution in [3.05, 3.63) is 17.8 Å². The molecule has 0 radical (unpaired) electrons. The van der Waals surface area contributed by atoms with Crippen LogP contribution in [-0.4, -0.2) is 41.0 Å². The molecule has 0 aromatic carbocycles. The molecule has 2 atom stereocenters. The van der Waals surface area contributed by atoms with Crippen LogP contribution in [0.15, 0.2) is 12.3 Å². The number of rotatable bonds is 2. The number of aromatic nitrogens is 1. The zero-order valence-corrected chi connectivity index (χ0v) is 13.0. The highest BCUT2D eigenvalue weighted by Gasteiger charge is 2.39. The van der Waals surface area contributed by atoms with Gasteiger partial charge in [-0.1, -0.05) is 0 Å². The van der Waals surface area contributed by atoms with E-state index in [0.29, 0.717) is 17.5 Å². The van der Waals surface area contributed by atoms with Crippen LogP contribution in [0.25, 0.3) is 0 Å². The maximum Gasteiger partial charge on any atom is 0.226 e. The third kappa shape index (κ3) is 2.69. The fourth-order valence-electron chi connectivity index (χ4n) is 3.18. The molecule has 2 heterocycles. The standard InChI is InChI=1S/C16H24N4O/c1-10-6-14(17)7-18-15(10)19-8-12(3)20(9-11(19)2)16(21)13-4-5-13/h6-7,11-13H,4-5,8-9,17H2,1-3H3. The number of nitrogen functional groups attached to an aromatic ring is 1. The summed E-state index contributed by atoms with van der Waals surface area (Å²) in [6.07, 6.45) is 3.85. The second-order valence-electron chi connectivity index (χ2n) is 6.52. The minimum atomic E-state index is 0.230. The Kier molecular flexibility index (Phi) is 3.51. The van der Waals surface area contributed by atoms with Gasteiger partial charge in [-0.3, -0.25) is 4.79 Å². The molecule has 1 saturated heterocycles. The molecule has 5 nitrogen and oxygen atoms in total. The van der Waals surface area contributed by atoms with Crippen molar-refractivity contribution in [1.29, 1.82) is 0 Å². The number of pyridine rings is 1. The first-order chi connectivity index (χ1) is 9.97. The van der Waals surface area contributed by atoms with Gasteiger partial charge in [0.1, 0.15) is 5.82 Å². The van der Waals surface area contributed by atoms with Crippen molar-refractivity contribution in [3.8, 4) is 0 Å². The number of piperazine rings is 1. The Morgan fingerprint density at radius 1 is 1.29 bits per heavy atom. The minimum Gasteiger partial charge on any atom is -0.397 e. The second kappa shape index (κ2) is 5.20. The van der Waals surface area contributed by atoms with Crippen LogP contribution in [0.3, 0.4) is 0 Å². The Morgan fingerprint density at radius 2 is 2.00 bits per heavy atom. The van der Waals surface area contributed by atoms with Gasteiger partial charge in [-0.05, 0) is 45.2 Å². The fourth-order valence-corrected chi connectivity index (χ4v) is 3.18. The lowest BCUT2D eigenvalue weighted by Crippen LogP contribution is -2.58. The molecule has 2 N–H and O–H groups in total. The van der Waals surface area contributed by atoms with E-state index in [4.69, 9.17) is 5.73 Å². The van der Waals surface area contributed by atoms with E-state index in [2.05, 4.69) is 28.6 Å². The maximum atomic E-state index is 12.3. The smallest absolute Gasteiger partial charge is 0.226 e. The molecule has 3 rings (SSSR count). The largest absolute Gasteiger partial charge is 0.397 e. The number of anilines is 2. The van der Waals surface area contributed by atoms with Gasteiger partial charge in [0.05, 0.1) is 11.9 Å². The van der Waals surface area contributed by atoms with E-state index in [9.17, 15) is 4.79 Å². The molecule has 1 amide bonds. The van der Waals surface area contributed by atoms with Gasteiger partial charge < -0.3 is 15.5 Å². The Morgan fingerprint density at radius 3 is 2.62 bits per heavy atom. The van der Waals surface area contributed by atoms with Crippen LogP contribution < -0.4 is 10.6 Å². The topological polar surface area (TPSA) is 62.5 Å². The molecule has 1 saturated carbocycles. The number of nitrogens with two attached hydrogens (primary N) is 1. The van der Waals surface area contributed by atoms with Gasteiger partial charge in [0.2, 0.25) is 5.91 Å². The van der Waals surface area contributed by atoms with E-state index in [1.54, 1.807) is 6.20 Å². The average molecular weight is 288 g/mol. The highest BCUT2D eigenvalue weighted by molar-refractivity contribution is 5.81. The minimum absolute atomic E-state index is 0.230. The summed E-state index contributed by atoms with van der Waals surface area (Å²) in [5.41, 5.74) is 7.57. The third-order valence-corrected chi connectivity index (χ3v) is 4.54. The number of hydrogen-bond acceptors (Lipinski definition) is 4. The number of aryl methyl sites for hydroxylation is 1. The van der Waals surface area contributed by atoms with Crippen molar-refractivity contribution in [2.24, 2.45) is 5.92 Å². The highest BCUT2D eigenvalue weighted by Crippen LogP contribution is 2.33. The highest BCUT2D eigenvalue weighted by atomic mass is 16.2. The SMILES string of the molecule is Cc1cc(N)cnc1N1CC(C)N(C(=O)C2CC2)CC1C. The summed E-state index contributed by atoms with van der Waals surface area (Å²) < 4.78 is 0.